The molecule has 0 bridgehead atoms. The fraction of sp³-hybridized carbons (Fsp3) is 0.562. The van der Waals surface area contributed by atoms with Crippen LogP contribution in [0.2, 0.25) is 0 Å². The summed E-state index contributed by atoms with van der Waals surface area (Å²) >= 11 is 0. The number of nitrogens with two attached hydrogens (primary N) is 1. The third kappa shape index (κ3) is 4.35. The molecular weight excluding hydrogens is 321 g/mol. The standard InChI is InChI=1S/C16H23N3O.2ClH/c17-12-15(13-4-2-1-3-5-13)16(20)19-10-8-18(9-11-19)14-6-7-14;;/h1-5,14-15H,6-12,17H2;2*1H. The Morgan fingerprint density at radius 2 is 1.68 bits per heavy atom. The van der Waals surface area contributed by atoms with Crippen molar-refractivity contribution in [1.82, 2.24) is 9.80 Å². The molecule has 1 amide bonds. The van der Waals surface area contributed by atoms with Crippen LogP contribution < -0.4 is 5.73 Å². The van der Waals surface area contributed by atoms with Crippen molar-refractivity contribution in [3.05, 3.63) is 35.9 Å². The number of amides is 1. The lowest BCUT2D eigenvalue weighted by atomic mass is 9.97. The Morgan fingerprint density at radius 3 is 2.18 bits per heavy atom. The van der Waals surface area contributed by atoms with Crippen LogP contribution >= 0.6 is 24.8 Å². The molecule has 4 nitrogen and oxygen atoms in total. The van der Waals surface area contributed by atoms with E-state index < -0.39 is 0 Å². The van der Waals surface area contributed by atoms with Crippen molar-refractivity contribution in [3.63, 3.8) is 0 Å². The molecular formula is C16H25Cl2N3O. The summed E-state index contributed by atoms with van der Waals surface area (Å²) in [5.41, 5.74) is 6.87. The topological polar surface area (TPSA) is 49.6 Å². The summed E-state index contributed by atoms with van der Waals surface area (Å²) in [6, 6.07) is 10.7. The third-order valence-corrected chi connectivity index (χ3v) is 4.42. The highest BCUT2D eigenvalue weighted by Gasteiger charge is 2.33. The number of rotatable bonds is 4. The maximum absolute atomic E-state index is 12.6. The quantitative estimate of drug-likeness (QED) is 0.906. The van der Waals surface area contributed by atoms with Gasteiger partial charge in [-0.3, -0.25) is 9.69 Å². The van der Waals surface area contributed by atoms with Crippen LogP contribution in [0.3, 0.4) is 0 Å². The SMILES string of the molecule is Cl.Cl.NCC(C(=O)N1CCN(C2CC2)CC1)c1ccccc1. The average Bonchev–Trinajstić information content (AvgIpc) is 3.34. The maximum Gasteiger partial charge on any atom is 0.231 e. The van der Waals surface area contributed by atoms with Gasteiger partial charge >= 0.3 is 0 Å². The molecule has 1 unspecified atom stereocenters. The molecule has 1 heterocycles. The van der Waals surface area contributed by atoms with Crippen molar-refractivity contribution >= 4 is 30.7 Å². The molecule has 6 heteroatoms. The minimum absolute atomic E-state index is 0. The first-order valence-corrected chi connectivity index (χ1v) is 7.57. The Morgan fingerprint density at radius 1 is 1.09 bits per heavy atom. The second-order valence-corrected chi connectivity index (χ2v) is 5.79. The highest BCUT2D eigenvalue weighted by molar-refractivity contribution is 5.85. The van der Waals surface area contributed by atoms with Crippen LogP contribution in [0.25, 0.3) is 0 Å². The van der Waals surface area contributed by atoms with Gasteiger partial charge in [-0.2, -0.15) is 0 Å². The Kier molecular flexibility index (Phi) is 7.63. The number of hydrogen-bond donors (Lipinski definition) is 1. The number of carbonyl (C=O) groups is 1. The van der Waals surface area contributed by atoms with Crippen LogP contribution in [-0.2, 0) is 4.79 Å². The van der Waals surface area contributed by atoms with Gasteiger partial charge in [-0.15, -0.1) is 24.8 Å². The normalized spacial score (nSPS) is 19.8. The number of benzene rings is 1. The molecule has 0 spiro atoms. The van der Waals surface area contributed by atoms with Gasteiger partial charge in [0.1, 0.15) is 0 Å². The molecule has 1 atom stereocenters. The van der Waals surface area contributed by atoms with Crippen LogP contribution in [0.5, 0.6) is 0 Å². The van der Waals surface area contributed by atoms with Gasteiger partial charge in [0.15, 0.2) is 0 Å². The van der Waals surface area contributed by atoms with Crippen LogP contribution in [0, 0.1) is 0 Å². The minimum atomic E-state index is -0.191. The molecule has 1 aliphatic heterocycles. The maximum atomic E-state index is 12.6. The van der Waals surface area contributed by atoms with Gasteiger partial charge in [-0.1, -0.05) is 30.3 Å². The average molecular weight is 346 g/mol. The lowest BCUT2D eigenvalue weighted by Gasteiger charge is -2.36. The van der Waals surface area contributed by atoms with E-state index in [0.29, 0.717) is 6.54 Å². The second-order valence-electron chi connectivity index (χ2n) is 5.79. The Hall–Kier alpha value is -0.810. The van der Waals surface area contributed by atoms with Crippen molar-refractivity contribution < 1.29 is 4.79 Å². The third-order valence-electron chi connectivity index (χ3n) is 4.42. The van der Waals surface area contributed by atoms with Crippen LogP contribution in [0.15, 0.2) is 30.3 Å². The summed E-state index contributed by atoms with van der Waals surface area (Å²) in [7, 11) is 0. The Labute approximate surface area is 144 Å². The highest BCUT2D eigenvalue weighted by Crippen LogP contribution is 2.28. The molecule has 3 rings (SSSR count). The van der Waals surface area contributed by atoms with E-state index in [1.807, 2.05) is 35.2 Å². The molecule has 1 aliphatic carbocycles. The van der Waals surface area contributed by atoms with E-state index in [4.69, 9.17) is 5.73 Å². The molecule has 1 saturated heterocycles. The van der Waals surface area contributed by atoms with Crippen molar-refractivity contribution in [3.8, 4) is 0 Å². The minimum Gasteiger partial charge on any atom is -0.340 e. The smallest absolute Gasteiger partial charge is 0.231 e. The first-order valence-electron chi connectivity index (χ1n) is 7.57. The van der Waals surface area contributed by atoms with Gasteiger partial charge < -0.3 is 10.6 Å². The lowest BCUT2D eigenvalue weighted by Crippen LogP contribution is -2.51. The molecule has 0 aromatic heterocycles. The van der Waals surface area contributed by atoms with E-state index in [1.54, 1.807) is 0 Å². The number of piperazine rings is 1. The second kappa shape index (κ2) is 8.73. The molecule has 22 heavy (non-hydrogen) atoms. The first-order chi connectivity index (χ1) is 9.79. The molecule has 124 valence electrons. The zero-order chi connectivity index (χ0) is 13.9. The summed E-state index contributed by atoms with van der Waals surface area (Å²) < 4.78 is 0. The van der Waals surface area contributed by atoms with E-state index in [2.05, 4.69) is 4.90 Å². The molecule has 2 fully saturated rings. The molecule has 1 aromatic rings. The summed E-state index contributed by atoms with van der Waals surface area (Å²) in [5, 5.41) is 0. The monoisotopic (exact) mass is 345 g/mol. The fourth-order valence-corrected chi connectivity index (χ4v) is 3.03. The van der Waals surface area contributed by atoms with Crippen molar-refractivity contribution in [2.45, 2.75) is 24.8 Å². The Balaban J connectivity index is 0.00000121. The largest absolute Gasteiger partial charge is 0.340 e. The van der Waals surface area contributed by atoms with Crippen molar-refractivity contribution in [2.24, 2.45) is 5.73 Å². The Bertz CT molecular complexity index is 460. The number of halogens is 2. The van der Waals surface area contributed by atoms with Crippen LogP contribution in [0.4, 0.5) is 0 Å². The summed E-state index contributed by atoms with van der Waals surface area (Å²) in [5.74, 6) is -0.00202. The van der Waals surface area contributed by atoms with Crippen molar-refractivity contribution in [1.29, 1.82) is 0 Å². The van der Waals surface area contributed by atoms with Gasteiger partial charge in [-0.25, -0.2) is 0 Å². The van der Waals surface area contributed by atoms with E-state index in [9.17, 15) is 4.79 Å². The molecule has 2 aliphatic rings. The molecule has 1 aromatic carbocycles. The van der Waals surface area contributed by atoms with Gasteiger partial charge in [0.25, 0.3) is 0 Å². The van der Waals surface area contributed by atoms with Crippen molar-refractivity contribution in [2.75, 3.05) is 32.7 Å². The molecule has 2 N–H and O–H groups in total. The predicted molar refractivity (Wildman–Crippen MR) is 93.9 cm³/mol. The number of carbonyl (C=O) groups excluding carboxylic acids is 1. The van der Waals surface area contributed by atoms with Gasteiger partial charge in [0.05, 0.1) is 5.92 Å². The predicted octanol–water partition coefficient (Wildman–Crippen LogP) is 1.88. The van der Waals surface area contributed by atoms with E-state index >= 15 is 0 Å². The number of hydrogen-bond acceptors (Lipinski definition) is 3. The van der Waals surface area contributed by atoms with Crippen LogP contribution in [-0.4, -0.2) is 54.5 Å². The molecule has 0 radical (unpaired) electrons. The molecule has 1 saturated carbocycles. The zero-order valence-corrected chi connectivity index (χ0v) is 14.3. The number of nitrogens with zero attached hydrogens (tertiary/aromatic N) is 2. The van der Waals surface area contributed by atoms with E-state index in [1.165, 1.54) is 12.8 Å². The summed E-state index contributed by atoms with van der Waals surface area (Å²) in [6.45, 7) is 4.11. The van der Waals surface area contributed by atoms with Gasteiger partial charge in [0, 0.05) is 38.8 Å². The highest BCUT2D eigenvalue weighted by atomic mass is 35.5. The van der Waals surface area contributed by atoms with Crippen LogP contribution in [0.1, 0.15) is 24.3 Å². The van der Waals surface area contributed by atoms with Gasteiger partial charge in [0.2, 0.25) is 5.91 Å². The zero-order valence-electron chi connectivity index (χ0n) is 12.7. The fourth-order valence-electron chi connectivity index (χ4n) is 3.03. The van der Waals surface area contributed by atoms with Gasteiger partial charge in [-0.05, 0) is 18.4 Å². The first kappa shape index (κ1) is 19.2. The summed E-state index contributed by atoms with van der Waals surface area (Å²) in [4.78, 5) is 17.2. The summed E-state index contributed by atoms with van der Waals surface area (Å²) in [6.07, 6.45) is 2.67. The van der Waals surface area contributed by atoms with E-state index in [-0.39, 0.29) is 36.6 Å². The lowest BCUT2D eigenvalue weighted by molar-refractivity contribution is -0.134. The van der Waals surface area contributed by atoms with E-state index in [0.717, 1.165) is 37.8 Å².